The molecule has 4 aromatic rings. The van der Waals surface area contributed by atoms with Gasteiger partial charge in [0.05, 0.1) is 17.1 Å². The number of anilines is 1. The molecule has 2 heterocycles. The predicted octanol–water partition coefficient (Wildman–Crippen LogP) is 6.12. The third-order valence-electron chi connectivity index (χ3n) is 6.39. The summed E-state index contributed by atoms with van der Waals surface area (Å²) in [6, 6.07) is 24.7. The maximum Gasteiger partial charge on any atom is 0.0578 e. The normalized spacial score (nSPS) is 20.5. The van der Waals surface area contributed by atoms with Crippen molar-refractivity contribution in [2.45, 2.75) is 18.9 Å². The molecule has 1 aromatic heterocycles. The van der Waals surface area contributed by atoms with Crippen LogP contribution in [0.3, 0.4) is 0 Å². The Hall–Kier alpha value is -3.26. The number of fused-ring (bicyclic) bond motifs is 6. The van der Waals surface area contributed by atoms with E-state index in [2.05, 4.69) is 108 Å². The topological polar surface area (TPSA) is 8.17 Å². The van der Waals surface area contributed by atoms with Crippen LogP contribution >= 0.6 is 0 Å². The molecule has 28 heavy (non-hydrogen) atoms. The molecule has 2 unspecified atom stereocenters. The molecule has 0 radical (unpaired) electrons. The van der Waals surface area contributed by atoms with E-state index in [9.17, 15) is 0 Å². The van der Waals surface area contributed by atoms with Crippen LogP contribution in [0.5, 0.6) is 0 Å². The third-order valence-corrected chi connectivity index (χ3v) is 6.39. The molecule has 1 aliphatic carbocycles. The fourth-order valence-corrected chi connectivity index (χ4v) is 5.07. The number of hydrogen-bond donors (Lipinski definition) is 0. The van der Waals surface area contributed by atoms with E-state index >= 15 is 0 Å². The number of allylic oxidation sites excluding steroid dienone is 2. The first-order valence-corrected chi connectivity index (χ1v) is 9.94. The summed E-state index contributed by atoms with van der Waals surface area (Å²) in [4.78, 5) is 2.41. The molecule has 0 saturated carbocycles. The number of aromatic nitrogens is 1. The van der Waals surface area contributed by atoms with Crippen LogP contribution in [-0.4, -0.2) is 17.7 Å². The van der Waals surface area contributed by atoms with Gasteiger partial charge in [0, 0.05) is 35.1 Å². The van der Waals surface area contributed by atoms with Gasteiger partial charge in [0.15, 0.2) is 0 Å². The number of likely N-dealkylation sites (N-methyl/N-ethyl adjacent to an activating group) is 1. The van der Waals surface area contributed by atoms with Crippen molar-refractivity contribution in [2.75, 3.05) is 11.9 Å². The van der Waals surface area contributed by atoms with Crippen LogP contribution in [0.25, 0.3) is 27.5 Å². The van der Waals surface area contributed by atoms with Crippen molar-refractivity contribution in [2.24, 2.45) is 0 Å². The molecule has 136 valence electrons. The van der Waals surface area contributed by atoms with Gasteiger partial charge >= 0.3 is 0 Å². The van der Waals surface area contributed by atoms with Crippen LogP contribution < -0.4 is 4.90 Å². The van der Waals surface area contributed by atoms with E-state index in [0.29, 0.717) is 12.0 Å². The zero-order valence-corrected chi connectivity index (χ0v) is 16.1. The second kappa shape index (κ2) is 5.62. The van der Waals surface area contributed by atoms with Gasteiger partial charge in [-0.3, -0.25) is 0 Å². The van der Waals surface area contributed by atoms with Gasteiger partial charge in [0.1, 0.15) is 0 Å². The highest BCUT2D eigenvalue weighted by molar-refractivity contribution is 6.10. The predicted molar refractivity (Wildman–Crippen MR) is 119 cm³/mol. The number of para-hydroxylation sites is 2. The third kappa shape index (κ3) is 2.03. The summed E-state index contributed by atoms with van der Waals surface area (Å²) in [7, 11) is 2.21. The van der Waals surface area contributed by atoms with Crippen molar-refractivity contribution in [3.63, 3.8) is 0 Å². The van der Waals surface area contributed by atoms with E-state index in [1.165, 1.54) is 44.3 Å². The minimum atomic E-state index is 0.389. The van der Waals surface area contributed by atoms with Crippen LogP contribution in [0.15, 0.2) is 85.0 Å². The summed E-state index contributed by atoms with van der Waals surface area (Å²) in [5.74, 6) is 0.389. The quantitative estimate of drug-likeness (QED) is 0.396. The van der Waals surface area contributed by atoms with Crippen LogP contribution in [0, 0.1) is 6.92 Å². The fraction of sp³-hybridized carbons (Fsp3) is 0.154. The van der Waals surface area contributed by atoms with Gasteiger partial charge in [-0.25, -0.2) is 0 Å². The van der Waals surface area contributed by atoms with Crippen molar-refractivity contribution in [1.29, 1.82) is 0 Å². The first-order chi connectivity index (χ1) is 13.7. The zero-order valence-electron chi connectivity index (χ0n) is 16.1. The highest BCUT2D eigenvalue weighted by Gasteiger charge is 2.35. The minimum absolute atomic E-state index is 0.389. The Morgan fingerprint density at radius 1 is 0.821 bits per heavy atom. The Kier molecular flexibility index (Phi) is 3.16. The summed E-state index contributed by atoms with van der Waals surface area (Å²) in [6.07, 6.45) is 7.14. The van der Waals surface area contributed by atoms with E-state index in [0.717, 1.165) is 0 Å². The minimum Gasteiger partial charge on any atom is -0.367 e. The average Bonchev–Trinajstić information content (AvgIpc) is 3.20. The molecule has 2 aliphatic rings. The zero-order chi connectivity index (χ0) is 18.8. The molecule has 6 rings (SSSR count). The molecule has 2 nitrogen and oxygen atoms in total. The molecule has 2 heteroatoms. The molecule has 0 amide bonds. The van der Waals surface area contributed by atoms with Crippen molar-refractivity contribution in [1.82, 2.24) is 4.57 Å². The molecule has 1 aliphatic heterocycles. The Morgan fingerprint density at radius 3 is 2.21 bits per heavy atom. The summed E-state index contributed by atoms with van der Waals surface area (Å²) >= 11 is 0. The van der Waals surface area contributed by atoms with Gasteiger partial charge in [-0.05, 0) is 36.8 Å². The van der Waals surface area contributed by atoms with Crippen molar-refractivity contribution < 1.29 is 0 Å². The number of hydrogen-bond acceptors (Lipinski definition) is 1. The highest BCUT2D eigenvalue weighted by Crippen LogP contribution is 2.45. The van der Waals surface area contributed by atoms with Gasteiger partial charge in [-0.15, -0.1) is 0 Å². The van der Waals surface area contributed by atoms with Gasteiger partial charge in [-0.2, -0.15) is 0 Å². The molecule has 0 spiro atoms. The summed E-state index contributed by atoms with van der Waals surface area (Å²) in [5, 5.41) is 2.63. The van der Waals surface area contributed by atoms with E-state index < -0.39 is 0 Å². The number of aryl methyl sites for hydroxylation is 1. The monoisotopic (exact) mass is 362 g/mol. The van der Waals surface area contributed by atoms with Gasteiger partial charge < -0.3 is 9.47 Å². The maximum atomic E-state index is 2.46. The Labute approximate surface area is 165 Å². The number of benzene rings is 3. The van der Waals surface area contributed by atoms with Crippen molar-refractivity contribution in [3.8, 4) is 0 Å². The van der Waals surface area contributed by atoms with Gasteiger partial charge in [0.25, 0.3) is 0 Å². The molecule has 0 fully saturated rings. The van der Waals surface area contributed by atoms with Crippen LogP contribution in [0.4, 0.5) is 5.69 Å². The smallest absolute Gasteiger partial charge is 0.0578 e. The average molecular weight is 362 g/mol. The number of nitrogens with zero attached hydrogens (tertiary/aromatic N) is 2. The Morgan fingerprint density at radius 2 is 1.50 bits per heavy atom. The fourth-order valence-electron chi connectivity index (χ4n) is 5.07. The van der Waals surface area contributed by atoms with Gasteiger partial charge in [-0.1, -0.05) is 66.2 Å². The second-order valence-electron chi connectivity index (χ2n) is 8.01. The lowest BCUT2D eigenvalue weighted by molar-refractivity contribution is 0.722. The highest BCUT2D eigenvalue weighted by atomic mass is 15.2. The molecule has 0 N–H and O–H groups in total. The van der Waals surface area contributed by atoms with Crippen LogP contribution in [0.1, 0.15) is 17.0 Å². The van der Waals surface area contributed by atoms with E-state index in [1.807, 2.05) is 0 Å². The standard InChI is InChI=1S/C26H22N2/c1-17-11-13-23-21(15-17)22-16-18(12-14-24(22)27(23)2)28-25-9-5-3-7-19(25)20-8-4-6-10-26(20)28/h3-16,22,24H,1-2H3. The summed E-state index contributed by atoms with van der Waals surface area (Å²) in [5.41, 5.74) is 7.93. The molecule has 3 aromatic carbocycles. The number of rotatable bonds is 1. The van der Waals surface area contributed by atoms with Gasteiger partial charge in [0.2, 0.25) is 0 Å². The molecule has 2 atom stereocenters. The first kappa shape index (κ1) is 15.8. The molecular weight excluding hydrogens is 340 g/mol. The Balaban J connectivity index is 1.60. The largest absolute Gasteiger partial charge is 0.367 e. The summed E-state index contributed by atoms with van der Waals surface area (Å²) < 4.78 is 2.42. The SMILES string of the molecule is Cc1ccc2c(c1)C1C=C(n3c4ccccc4c4ccccc43)C=CC1N2C. The second-order valence-corrected chi connectivity index (χ2v) is 8.01. The molecule has 0 saturated heterocycles. The summed E-state index contributed by atoms with van der Waals surface area (Å²) in [6.45, 7) is 2.18. The van der Waals surface area contributed by atoms with Crippen LogP contribution in [-0.2, 0) is 0 Å². The lowest BCUT2D eigenvalue weighted by atomic mass is 9.89. The lowest BCUT2D eigenvalue weighted by Gasteiger charge is -2.26. The van der Waals surface area contributed by atoms with E-state index in [-0.39, 0.29) is 0 Å². The van der Waals surface area contributed by atoms with Crippen molar-refractivity contribution in [3.05, 3.63) is 96.1 Å². The van der Waals surface area contributed by atoms with Crippen LogP contribution in [0.2, 0.25) is 0 Å². The molecule has 0 bridgehead atoms. The first-order valence-electron chi connectivity index (χ1n) is 9.94. The molecular formula is C26H22N2. The Bertz CT molecular complexity index is 1250. The lowest BCUT2D eigenvalue weighted by Crippen LogP contribution is -2.29. The van der Waals surface area contributed by atoms with Crippen molar-refractivity contribution >= 4 is 33.2 Å². The maximum absolute atomic E-state index is 2.46. The van der Waals surface area contributed by atoms with E-state index in [4.69, 9.17) is 0 Å². The van der Waals surface area contributed by atoms with E-state index in [1.54, 1.807) is 0 Å².